The SMILES string of the molecule is O=C(CCl)Nc1cc(Cl)ccc1C(=O)c1ccccc1. The highest BCUT2D eigenvalue weighted by atomic mass is 35.5. The molecule has 0 atom stereocenters. The Labute approximate surface area is 126 Å². The average Bonchev–Trinajstić information content (AvgIpc) is 2.47. The highest BCUT2D eigenvalue weighted by Crippen LogP contribution is 2.23. The predicted molar refractivity (Wildman–Crippen MR) is 80.7 cm³/mol. The van der Waals surface area contributed by atoms with Crippen LogP contribution >= 0.6 is 23.2 Å². The molecule has 0 aromatic heterocycles. The van der Waals surface area contributed by atoms with Crippen molar-refractivity contribution in [1.82, 2.24) is 0 Å². The zero-order valence-electron chi connectivity index (χ0n) is 10.4. The zero-order valence-corrected chi connectivity index (χ0v) is 11.9. The van der Waals surface area contributed by atoms with E-state index in [9.17, 15) is 9.59 Å². The Morgan fingerprint density at radius 1 is 1.05 bits per heavy atom. The van der Waals surface area contributed by atoms with E-state index in [2.05, 4.69) is 5.32 Å². The van der Waals surface area contributed by atoms with Gasteiger partial charge in [0, 0.05) is 16.1 Å². The van der Waals surface area contributed by atoms with Crippen molar-refractivity contribution in [3.05, 3.63) is 64.7 Å². The monoisotopic (exact) mass is 307 g/mol. The Kier molecular flexibility index (Phi) is 4.77. The number of halogens is 2. The first kappa shape index (κ1) is 14.6. The number of hydrogen-bond acceptors (Lipinski definition) is 2. The summed E-state index contributed by atoms with van der Waals surface area (Å²) in [5.74, 6) is -0.769. The van der Waals surface area contributed by atoms with Crippen molar-refractivity contribution in [2.24, 2.45) is 0 Å². The lowest BCUT2D eigenvalue weighted by Gasteiger charge is -2.10. The van der Waals surface area contributed by atoms with Crippen LogP contribution in [0.4, 0.5) is 5.69 Å². The third-order valence-corrected chi connectivity index (χ3v) is 3.14. The number of hydrogen-bond donors (Lipinski definition) is 1. The van der Waals surface area contributed by atoms with Gasteiger partial charge in [0.1, 0.15) is 5.88 Å². The Bertz CT molecular complexity index is 642. The largest absolute Gasteiger partial charge is 0.324 e. The summed E-state index contributed by atoms with van der Waals surface area (Å²) in [6.45, 7) is 0. The normalized spacial score (nSPS) is 10.1. The summed E-state index contributed by atoms with van der Waals surface area (Å²) >= 11 is 11.4. The fourth-order valence-corrected chi connectivity index (χ4v) is 1.99. The van der Waals surface area contributed by atoms with Crippen LogP contribution in [0, 0.1) is 0 Å². The van der Waals surface area contributed by atoms with Crippen molar-refractivity contribution in [3.63, 3.8) is 0 Å². The van der Waals surface area contributed by atoms with E-state index in [0.717, 1.165) is 0 Å². The maximum Gasteiger partial charge on any atom is 0.239 e. The van der Waals surface area contributed by atoms with Crippen LogP contribution in [-0.2, 0) is 4.79 Å². The molecule has 3 nitrogen and oxygen atoms in total. The molecule has 0 aliphatic rings. The van der Waals surface area contributed by atoms with Crippen molar-refractivity contribution in [3.8, 4) is 0 Å². The van der Waals surface area contributed by atoms with Crippen LogP contribution in [0.3, 0.4) is 0 Å². The van der Waals surface area contributed by atoms with E-state index in [1.54, 1.807) is 36.4 Å². The summed E-state index contributed by atoms with van der Waals surface area (Å²) in [7, 11) is 0. The minimum Gasteiger partial charge on any atom is -0.324 e. The molecule has 1 N–H and O–H groups in total. The number of carbonyl (C=O) groups excluding carboxylic acids is 2. The van der Waals surface area contributed by atoms with Crippen LogP contribution in [0.2, 0.25) is 5.02 Å². The fraction of sp³-hybridized carbons (Fsp3) is 0.0667. The van der Waals surface area contributed by atoms with Gasteiger partial charge in [0.05, 0.1) is 5.69 Å². The number of benzene rings is 2. The van der Waals surface area contributed by atoms with Gasteiger partial charge >= 0.3 is 0 Å². The van der Waals surface area contributed by atoms with Gasteiger partial charge in [-0.1, -0.05) is 41.9 Å². The molecule has 2 aromatic carbocycles. The Hall–Kier alpha value is -1.84. The molecular formula is C15H11Cl2NO2. The standard InChI is InChI=1S/C15H11Cl2NO2/c16-9-14(19)18-13-8-11(17)6-7-12(13)15(20)10-4-2-1-3-5-10/h1-8H,9H2,(H,18,19). The summed E-state index contributed by atoms with van der Waals surface area (Å²) in [6, 6.07) is 13.5. The van der Waals surface area contributed by atoms with Gasteiger partial charge in [0.25, 0.3) is 0 Å². The third-order valence-electron chi connectivity index (χ3n) is 2.66. The van der Waals surface area contributed by atoms with Crippen molar-refractivity contribution in [1.29, 1.82) is 0 Å². The fourth-order valence-electron chi connectivity index (χ4n) is 1.75. The summed E-state index contributed by atoms with van der Waals surface area (Å²) in [6.07, 6.45) is 0. The van der Waals surface area contributed by atoms with Gasteiger partial charge in [-0.2, -0.15) is 0 Å². The molecule has 0 heterocycles. The van der Waals surface area contributed by atoms with Gasteiger partial charge in [0.2, 0.25) is 5.91 Å². The highest BCUT2D eigenvalue weighted by Gasteiger charge is 2.15. The second-order valence-corrected chi connectivity index (χ2v) is 4.77. The molecule has 0 unspecified atom stereocenters. The number of anilines is 1. The summed E-state index contributed by atoms with van der Waals surface area (Å²) in [4.78, 5) is 23.8. The number of amides is 1. The first-order chi connectivity index (χ1) is 9.61. The zero-order chi connectivity index (χ0) is 14.5. The molecule has 20 heavy (non-hydrogen) atoms. The molecule has 0 bridgehead atoms. The van der Waals surface area contributed by atoms with Crippen molar-refractivity contribution in [2.45, 2.75) is 0 Å². The third kappa shape index (κ3) is 3.38. The van der Waals surface area contributed by atoms with E-state index >= 15 is 0 Å². The molecule has 5 heteroatoms. The predicted octanol–water partition coefficient (Wildman–Crippen LogP) is 3.75. The second-order valence-electron chi connectivity index (χ2n) is 4.07. The summed E-state index contributed by atoms with van der Waals surface area (Å²) in [5.41, 5.74) is 1.27. The first-order valence-electron chi connectivity index (χ1n) is 5.87. The van der Waals surface area contributed by atoms with Crippen LogP contribution < -0.4 is 5.32 Å². The quantitative estimate of drug-likeness (QED) is 0.690. The van der Waals surface area contributed by atoms with Gasteiger partial charge in [-0.05, 0) is 18.2 Å². The van der Waals surface area contributed by atoms with E-state index in [-0.39, 0.29) is 11.7 Å². The van der Waals surface area contributed by atoms with Crippen LogP contribution in [0.15, 0.2) is 48.5 Å². The smallest absolute Gasteiger partial charge is 0.239 e. The number of ketones is 1. The molecule has 0 aliphatic carbocycles. The maximum atomic E-state index is 12.4. The summed E-state index contributed by atoms with van der Waals surface area (Å²) in [5, 5.41) is 3.01. The summed E-state index contributed by atoms with van der Waals surface area (Å²) < 4.78 is 0. The molecule has 0 saturated carbocycles. The van der Waals surface area contributed by atoms with Gasteiger partial charge in [-0.15, -0.1) is 11.6 Å². The molecule has 0 radical (unpaired) electrons. The topological polar surface area (TPSA) is 46.2 Å². The molecule has 0 saturated heterocycles. The Morgan fingerprint density at radius 2 is 1.75 bits per heavy atom. The molecule has 0 aliphatic heterocycles. The molecule has 1 amide bonds. The molecular weight excluding hydrogens is 297 g/mol. The molecule has 0 spiro atoms. The van der Waals surface area contributed by atoms with Gasteiger partial charge in [-0.3, -0.25) is 9.59 Å². The number of rotatable bonds is 4. The lowest BCUT2D eigenvalue weighted by molar-refractivity contribution is -0.113. The minimum absolute atomic E-state index is 0.188. The second kappa shape index (κ2) is 6.55. The van der Waals surface area contributed by atoms with E-state index in [1.165, 1.54) is 6.07 Å². The Morgan fingerprint density at radius 3 is 2.40 bits per heavy atom. The molecule has 102 valence electrons. The number of nitrogens with one attached hydrogen (secondary N) is 1. The van der Waals surface area contributed by atoms with Gasteiger partial charge < -0.3 is 5.32 Å². The van der Waals surface area contributed by atoms with Crippen LogP contribution in [0.25, 0.3) is 0 Å². The van der Waals surface area contributed by atoms with E-state index in [4.69, 9.17) is 23.2 Å². The number of carbonyl (C=O) groups is 2. The van der Waals surface area contributed by atoms with Crippen molar-refractivity contribution >= 4 is 40.6 Å². The van der Waals surface area contributed by atoms with Gasteiger partial charge in [0.15, 0.2) is 5.78 Å². The van der Waals surface area contributed by atoms with Crippen LogP contribution in [-0.4, -0.2) is 17.6 Å². The first-order valence-corrected chi connectivity index (χ1v) is 6.78. The average molecular weight is 308 g/mol. The van der Waals surface area contributed by atoms with E-state index < -0.39 is 5.91 Å². The lowest BCUT2D eigenvalue weighted by Crippen LogP contribution is -2.16. The van der Waals surface area contributed by atoms with E-state index in [1.807, 2.05) is 6.07 Å². The van der Waals surface area contributed by atoms with Crippen LogP contribution in [0.1, 0.15) is 15.9 Å². The Balaban J connectivity index is 2.40. The molecule has 0 fully saturated rings. The molecule has 2 rings (SSSR count). The van der Waals surface area contributed by atoms with E-state index in [0.29, 0.717) is 21.8 Å². The highest BCUT2D eigenvalue weighted by molar-refractivity contribution is 6.32. The number of alkyl halides is 1. The van der Waals surface area contributed by atoms with Crippen molar-refractivity contribution < 1.29 is 9.59 Å². The lowest BCUT2D eigenvalue weighted by atomic mass is 10.0. The minimum atomic E-state index is -0.393. The van der Waals surface area contributed by atoms with Crippen molar-refractivity contribution in [2.75, 3.05) is 11.2 Å². The van der Waals surface area contributed by atoms with Crippen LogP contribution in [0.5, 0.6) is 0 Å². The maximum absolute atomic E-state index is 12.4. The molecule has 2 aromatic rings. The van der Waals surface area contributed by atoms with Gasteiger partial charge in [-0.25, -0.2) is 0 Å².